The second kappa shape index (κ2) is 6.39. The summed E-state index contributed by atoms with van der Waals surface area (Å²) in [5.74, 6) is -0.354. The van der Waals surface area contributed by atoms with Crippen LogP contribution in [0.5, 0.6) is 0 Å². The molecule has 1 N–H and O–H groups in total. The van der Waals surface area contributed by atoms with Gasteiger partial charge in [0.05, 0.1) is 11.7 Å². The summed E-state index contributed by atoms with van der Waals surface area (Å²) >= 11 is 0. The molecule has 0 radical (unpaired) electrons. The number of carbonyl (C=O) groups excluding carboxylic acids is 1. The number of benzene rings is 1. The van der Waals surface area contributed by atoms with Crippen LogP contribution in [0.1, 0.15) is 12.0 Å². The fraction of sp³-hybridized carbons (Fsp3) is 0.176. The number of hydrogen-bond donors (Lipinski definition) is 1. The molecule has 2 aromatic heterocycles. The van der Waals surface area contributed by atoms with E-state index >= 15 is 0 Å². The first kappa shape index (κ1) is 14.3. The average molecular weight is 297 g/mol. The molecule has 0 fully saturated rings. The number of carbonyl (C=O) groups is 1. The lowest BCUT2D eigenvalue weighted by Gasteiger charge is -2.07. The minimum absolute atomic E-state index is 0.0602. The number of aryl methyl sites for hydroxylation is 1. The van der Waals surface area contributed by atoms with Gasteiger partial charge in [-0.3, -0.25) is 9.78 Å². The Hall–Kier alpha value is -2.69. The highest BCUT2D eigenvalue weighted by Crippen LogP contribution is 2.14. The zero-order valence-electron chi connectivity index (χ0n) is 12.0. The van der Waals surface area contributed by atoms with E-state index < -0.39 is 0 Å². The van der Waals surface area contributed by atoms with Crippen molar-refractivity contribution in [2.45, 2.75) is 19.5 Å². The number of rotatable bonds is 5. The summed E-state index contributed by atoms with van der Waals surface area (Å²) < 4.78 is 15.1. The number of halogens is 1. The number of nitrogens with zero attached hydrogens (tertiary/aromatic N) is 2. The van der Waals surface area contributed by atoms with Gasteiger partial charge < -0.3 is 9.88 Å². The number of nitrogens with one attached hydrogen (secondary N) is 1. The monoisotopic (exact) mass is 297 g/mol. The molecule has 2 heterocycles. The van der Waals surface area contributed by atoms with Crippen LogP contribution in [0.2, 0.25) is 0 Å². The maximum atomic E-state index is 13.1. The third kappa shape index (κ3) is 3.31. The summed E-state index contributed by atoms with van der Waals surface area (Å²) in [6, 6.07) is 10.2. The van der Waals surface area contributed by atoms with Crippen LogP contribution in [0.4, 0.5) is 4.39 Å². The van der Waals surface area contributed by atoms with Crippen molar-refractivity contribution in [2.75, 3.05) is 0 Å². The lowest BCUT2D eigenvalue weighted by atomic mass is 10.2. The van der Waals surface area contributed by atoms with Gasteiger partial charge in [0.15, 0.2) is 0 Å². The number of amides is 1. The lowest BCUT2D eigenvalue weighted by molar-refractivity contribution is -0.121. The van der Waals surface area contributed by atoms with Crippen molar-refractivity contribution < 1.29 is 9.18 Å². The van der Waals surface area contributed by atoms with Crippen molar-refractivity contribution in [1.29, 1.82) is 0 Å². The largest absolute Gasteiger partial charge is 0.352 e. The van der Waals surface area contributed by atoms with Crippen molar-refractivity contribution in [2.24, 2.45) is 0 Å². The summed E-state index contributed by atoms with van der Waals surface area (Å²) in [5, 5.41) is 3.91. The predicted octanol–water partition coefficient (Wildman–Crippen LogP) is 2.88. The molecule has 5 heteroatoms. The minimum Gasteiger partial charge on any atom is -0.352 e. The van der Waals surface area contributed by atoms with E-state index in [-0.39, 0.29) is 11.7 Å². The van der Waals surface area contributed by atoms with Crippen molar-refractivity contribution in [1.82, 2.24) is 14.9 Å². The molecule has 1 amide bonds. The molecule has 0 saturated carbocycles. The van der Waals surface area contributed by atoms with Crippen LogP contribution in [0.15, 0.2) is 55.0 Å². The van der Waals surface area contributed by atoms with Gasteiger partial charge >= 0.3 is 0 Å². The maximum Gasteiger partial charge on any atom is 0.222 e. The highest BCUT2D eigenvalue weighted by atomic mass is 19.1. The van der Waals surface area contributed by atoms with Crippen molar-refractivity contribution in [3.05, 3.63) is 66.4 Å². The molecule has 22 heavy (non-hydrogen) atoms. The SMILES string of the molecule is O=C(CCn1ccc2ccncc21)NCc1cccc(F)c1. The molecule has 3 aromatic rings. The van der Waals surface area contributed by atoms with Gasteiger partial charge in [-0.2, -0.15) is 0 Å². The highest BCUT2D eigenvalue weighted by Gasteiger charge is 2.05. The van der Waals surface area contributed by atoms with Crippen LogP contribution in [0.25, 0.3) is 10.9 Å². The predicted molar refractivity (Wildman–Crippen MR) is 82.6 cm³/mol. The Kier molecular flexibility index (Phi) is 4.14. The topological polar surface area (TPSA) is 46.9 Å². The standard InChI is InChI=1S/C17H16FN3O/c18-15-3-1-2-13(10-15)11-20-17(22)6-9-21-8-5-14-4-7-19-12-16(14)21/h1-5,7-8,10,12H,6,9,11H2,(H,20,22). The molecular weight excluding hydrogens is 281 g/mol. The molecule has 112 valence electrons. The minimum atomic E-state index is -0.293. The van der Waals surface area contributed by atoms with E-state index in [1.165, 1.54) is 12.1 Å². The van der Waals surface area contributed by atoms with E-state index in [0.29, 0.717) is 19.5 Å². The van der Waals surface area contributed by atoms with Gasteiger partial charge in [-0.1, -0.05) is 12.1 Å². The quantitative estimate of drug-likeness (QED) is 0.787. The van der Waals surface area contributed by atoms with E-state index in [9.17, 15) is 9.18 Å². The number of fused-ring (bicyclic) bond motifs is 1. The molecule has 0 spiro atoms. The molecule has 0 atom stereocenters. The van der Waals surface area contributed by atoms with E-state index in [1.54, 1.807) is 24.5 Å². The third-order valence-corrected chi connectivity index (χ3v) is 3.53. The molecule has 0 bridgehead atoms. The Morgan fingerprint density at radius 3 is 3.05 bits per heavy atom. The Bertz CT molecular complexity index is 797. The average Bonchev–Trinajstić information content (AvgIpc) is 2.94. The number of pyridine rings is 1. The Morgan fingerprint density at radius 1 is 1.27 bits per heavy atom. The molecule has 0 aliphatic carbocycles. The molecule has 3 rings (SSSR count). The van der Waals surface area contributed by atoms with Gasteiger partial charge in [-0.25, -0.2) is 4.39 Å². The van der Waals surface area contributed by atoms with E-state index in [0.717, 1.165) is 16.5 Å². The van der Waals surface area contributed by atoms with E-state index in [1.807, 2.05) is 22.9 Å². The third-order valence-electron chi connectivity index (χ3n) is 3.53. The van der Waals surface area contributed by atoms with E-state index in [4.69, 9.17) is 0 Å². The van der Waals surface area contributed by atoms with Gasteiger partial charge in [0.2, 0.25) is 5.91 Å². The molecule has 4 nitrogen and oxygen atoms in total. The van der Waals surface area contributed by atoms with Crippen LogP contribution < -0.4 is 5.32 Å². The number of aromatic nitrogens is 2. The van der Waals surface area contributed by atoms with Crippen molar-refractivity contribution in [3.63, 3.8) is 0 Å². The van der Waals surface area contributed by atoms with Gasteiger partial charge in [-0.15, -0.1) is 0 Å². The van der Waals surface area contributed by atoms with Gasteiger partial charge in [0, 0.05) is 37.3 Å². The Balaban J connectivity index is 1.54. The highest BCUT2D eigenvalue weighted by molar-refractivity contribution is 5.79. The van der Waals surface area contributed by atoms with Gasteiger partial charge in [0.25, 0.3) is 0 Å². The lowest BCUT2D eigenvalue weighted by Crippen LogP contribution is -2.23. The Labute approximate surface area is 127 Å². The van der Waals surface area contributed by atoms with Crippen molar-refractivity contribution >= 4 is 16.8 Å². The molecule has 0 saturated heterocycles. The van der Waals surface area contributed by atoms with Crippen LogP contribution in [0, 0.1) is 5.82 Å². The zero-order chi connectivity index (χ0) is 15.4. The van der Waals surface area contributed by atoms with Crippen LogP contribution in [-0.2, 0) is 17.9 Å². The van der Waals surface area contributed by atoms with E-state index in [2.05, 4.69) is 10.3 Å². The fourth-order valence-electron chi connectivity index (χ4n) is 2.38. The molecule has 1 aromatic carbocycles. The first-order valence-electron chi connectivity index (χ1n) is 7.12. The summed E-state index contributed by atoms with van der Waals surface area (Å²) in [4.78, 5) is 16.0. The zero-order valence-corrected chi connectivity index (χ0v) is 12.0. The second-order valence-electron chi connectivity index (χ2n) is 5.10. The van der Waals surface area contributed by atoms with Gasteiger partial charge in [-0.05, 0) is 29.8 Å². The first-order chi connectivity index (χ1) is 10.7. The summed E-state index contributed by atoms with van der Waals surface area (Å²) in [7, 11) is 0. The van der Waals surface area contributed by atoms with Gasteiger partial charge in [0.1, 0.15) is 5.82 Å². The first-order valence-corrected chi connectivity index (χ1v) is 7.12. The fourth-order valence-corrected chi connectivity index (χ4v) is 2.38. The summed E-state index contributed by atoms with van der Waals surface area (Å²) in [6.07, 6.45) is 5.86. The van der Waals surface area contributed by atoms with Crippen LogP contribution in [-0.4, -0.2) is 15.5 Å². The molecule has 0 aliphatic heterocycles. The molecule has 0 unspecified atom stereocenters. The molecule has 0 aliphatic rings. The normalized spacial score (nSPS) is 10.8. The smallest absolute Gasteiger partial charge is 0.222 e. The van der Waals surface area contributed by atoms with Crippen LogP contribution in [0.3, 0.4) is 0 Å². The number of hydrogen-bond acceptors (Lipinski definition) is 2. The molecular formula is C17H16FN3O. The summed E-state index contributed by atoms with van der Waals surface area (Å²) in [6.45, 7) is 0.925. The van der Waals surface area contributed by atoms with Crippen LogP contribution >= 0.6 is 0 Å². The Morgan fingerprint density at radius 2 is 2.18 bits per heavy atom. The maximum absolute atomic E-state index is 13.1. The van der Waals surface area contributed by atoms with Crippen molar-refractivity contribution in [3.8, 4) is 0 Å². The second-order valence-corrected chi connectivity index (χ2v) is 5.10. The summed E-state index contributed by atoms with van der Waals surface area (Å²) in [5.41, 5.74) is 1.77.